The molecule has 1 aromatic carbocycles. The van der Waals surface area contributed by atoms with E-state index < -0.39 is 23.4 Å². The van der Waals surface area contributed by atoms with Crippen LogP contribution in [0.25, 0.3) is 0 Å². The van der Waals surface area contributed by atoms with E-state index in [1.165, 1.54) is 0 Å². The molecule has 2 amide bonds. The number of amides is 2. The Morgan fingerprint density at radius 1 is 1.18 bits per heavy atom. The zero-order valence-corrected chi connectivity index (χ0v) is 12.0. The zero-order valence-electron chi connectivity index (χ0n) is 12.0. The number of nitrogens with two attached hydrogens (primary N) is 1. The molecule has 0 bridgehead atoms. The van der Waals surface area contributed by atoms with Gasteiger partial charge in [0.05, 0.1) is 0 Å². The predicted octanol–water partition coefficient (Wildman–Crippen LogP) is 0.975. The van der Waals surface area contributed by atoms with Crippen LogP contribution in [0.2, 0.25) is 0 Å². The molecule has 0 aromatic heterocycles. The highest BCUT2D eigenvalue weighted by molar-refractivity contribution is 6.02. The summed E-state index contributed by atoms with van der Waals surface area (Å²) in [5.74, 6) is -1.45. The van der Waals surface area contributed by atoms with Crippen LogP contribution in [0.4, 0.5) is 4.79 Å². The third kappa shape index (κ3) is 3.19. The minimum atomic E-state index is -1.44. The number of hydrogen-bond acceptors (Lipinski definition) is 4. The van der Waals surface area contributed by atoms with Gasteiger partial charge in [0.15, 0.2) is 0 Å². The van der Waals surface area contributed by atoms with Gasteiger partial charge in [-0.2, -0.15) is 0 Å². The lowest BCUT2D eigenvalue weighted by atomic mass is 9.77. The predicted molar refractivity (Wildman–Crippen MR) is 76.7 cm³/mol. The second kappa shape index (κ2) is 6.46. The molecule has 1 saturated heterocycles. The summed E-state index contributed by atoms with van der Waals surface area (Å²) >= 11 is 0. The van der Waals surface area contributed by atoms with Crippen LogP contribution >= 0.6 is 0 Å². The van der Waals surface area contributed by atoms with Gasteiger partial charge in [-0.25, -0.2) is 4.79 Å². The van der Waals surface area contributed by atoms with E-state index in [1.807, 2.05) is 18.2 Å². The van der Waals surface area contributed by atoms with Gasteiger partial charge in [-0.15, -0.1) is 0 Å². The zero-order chi connectivity index (χ0) is 16.2. The Balaban J connectivity index is 2.03. The number of esters is 1. The number of ether oxygens (including phenoxy) is 1. The fraction of sp³-hybridized carbons (Fsp3) is 0.400. The van der Waals surface area contributed by atoms with E-state index in [0.717, 1.165) is 10.5 Å². The first-order valence-electron chi connectivity index (χ1n) is 6.94. The minimum Gasteiger partial charge on any atom is -0.465 e. The first kappa shape index (κ1) is 15.8. The second-order valence-electron chi connectivity index (χ2n) is 5.28. The van der Waals surface area contributed by atoms with E-state index in [1.54, 1.807) is 12.1 Å². The smallest absolute Gasteiger partial charge is 0.407 e. The largest absolute Gasteiger partial charge is 0.465 e. The Hall–Kier alpha value is -2.57. The monoisotopic (exact) mass is 306 g/mol. The number of rotatable bonds is 4. The average molecular weight is 306 g/mol. The Labute approximate surface area is 127 Å². The Kier molecular flexibility index (Phi) is 4.65. The summed E-state index contributed by atoms with van der Waals surface area (Å²) in [7, 11) is 0. The van der Waals surface area contributed by atoms with E-state index in [-0.39, 0.29) is 32.5 Å². The summed E-state index contributed by atoms with van der Waals surface area (Å²) in [4.78, 5) is 36.2. The molecular weight excluding hydrogens is 288 g/mol. The van der Waals surface area contributed by atoms with Crippen molar-refractivity contribution in [2.24, 2.45) is 11.1 Å². The summed E-state index contributed by atoms with van der Waals surface area (Å²) in [6.45, 7) is 0.217. The molecule has 0 atom stereocenters. The lowest BCUT2D eigenvalue weighted by Crippen LogP contribution is -2.53. The summed E-state index contributed by atoms with van der Waals surface area (Å²) in [5.41, 5.74) is 4.75. The van der Waals surface area contributed by atoms with Crippen molar-refractivity contribution in [3.63, 3.8) is 0 Å². The van der Waals surface area contributed by atoms with Gasteiger partial charge in [-0.3, -0.25) is 9.59 Å². The van der Waals surface area contributed by atoms with Gasteiger partial charge < -0.3 is 20.5 Å². The van der Waals surface area contributed by atoms with E-state index in [4.69, 9.17) is 15.6 Å². The van der Waals surface area contributed by atoms with Crippen LogP contribution in [0.3, 0.4) is 0 Å². The van der Waals surface area contributed by atoms with Crippen molar-refractivity contribution in [1.29, 1.82) is 0 Å². The molecule has 118 valence electrons. The standard InChI is InChI=1S/C15H18N2O5/c16-12(18)15(6-8-17(9-7-15)14(20)21)13(19)22-10-11-4-2-1-3-5-11/h1-5H,6-10H2,(H2,16,18)(H,20,21). The highest BCUT2D eigenvalue weighted by atomic mass is 16.5. The summed E-state index contributed by atoms with van der Waals surface area (Å²) in [6, 6.07) is 9.09. The SMILES string of the molecule is NC(=O)C1(C(=O)OCc2ccccc2)CCN(C(=O)O)CC1. The normalized spacial score (nSPS) is 16.8. The van der Waals surface area contributed by atoms with E-state index in [9.17, 15) is 14.4 Å². The van der Waals surface area contributed by atoms with Crippen LogP contribution in [0.15, 0.2) is 30.3 Å². The molecule has 1 fully saturated rings. The van der Waals surface area contributed by atoms with Gasteiger partial charge in [0.25, 0.3) is 0 Å². The number of hydrogen-bond donors (Lipinski definition) is 2. The van der Waals surface area contributed by atoms with Crippen molar-refractivity contribution in [2.45, 2.75) is 19.4 Å². The molecule has 1 heterocycles. The fourth-order valence-electron chi connectivity index (χ4n) is 2.49. The number of benzene rings is 1. The van der Waals surface area contributed by atoms with Crippen molar-refractivity contribution in [3.8, 4) is 0 Å². The van der Waals surface area contributed by atoms with Crippen LogP contribution < -0.4 is 5.73 Å². The number of carbonyl (C=O) groups excluding carboxylic acids is 2. The number of nitrogens with zero attached hydrogens (tertiary/aromatic N) is 1. The molecule has 1 aromatic rings. The van der Waals surface area contributed by atoms with Gasteiger partial charge in [-0.05, 0) is 18.4 Å². The molecule has 0 unspecified atom stereocenters. The molecule has 2 rings (SSSR count). The minimum absolute atomic E-state index is 0.0439. The second-order valence-corrected chi connectivity index (χ2v) is 5.28. The highest BCUT2D eigenvalue weighted by Gasteiger charge is 2.48. The van der Waals surface area contributed by atoms with E-state index in [2.05, 4.69) is 0 Å². The van der Waals surface area contributed by atoms with Crippen molar-refractivity contribution in [2.75, 3.05) is 13.1 Å². The molecule has 22 heavy (non-hydrogen) atoms. The molecule has 1 aliphatic rings. The molecule has 7 nitrogen and oxygen atoms in total. The van der Waals surface area contributed by atoms with Crippen LogP contribution in [0.1, 0.15) is 18.4 Å². The Morgan fingerprint density at radius 2 is 1.77 bits per heavy atom. The van der Waals surface area contributed by atoms with Crippen LogP contribution in [0.5, 0.6) is 0 Å². The first-order chi connectivity index (χ1) is 10.5. The molecule has 1 aliphatic heterocycles. The summed E-state index contributed by atoms with van der Waals surface area (Å²) in [6.07, 6.45) is -0.986. The quantitative estimate of drug-likeness (QED) is 0.636. The number of primary amides is 1. The van der Waals surface area contributed by atoms with Gasteiger partial charge in [0.2, 0.25) is 5.91 Å². The average Bonchev–Trinajstić information content (AvgIpc) is 2.53. The maximum Gasteiger partial charge on any atom is 0.407 e. The number of carbonyl (C=O) groups is 3. The molecular formula is C15H18N2O5. The lowest BCUT2D eigenvalue weighted by Gasteiger charge is -2.36. The maximum atomic E-state index is 12.3. The topological polar surface area (TPSA) is 110 Å². The fourth-order valence-corrected chi connectivity index (χ4v) is 2.49. The van der Waals surface area contributed by atoms with Gasteiger partial charge in [-0.1, -0.05) is 30.3 Å². The van der Waals surface area contributed by atoms with E-state index in [0.29, 0.717) is 0 Å². The molecule has 7 heteroatoms. The van der Waals surface area contributed by atoms with Crippen LogP contribution in [-0.2, 0) is 20.9 Å². The maximum absolute atomic E-state index is 12.3. The third-order valence-corrected chi connectivity index (χ3v) is 3.96. The van der Waals surface area contributed by atoms with Crippen molar-refractivity contribution >= 4 is 18.0 Å². The number of carboxylic acid groups (broad SMARTS) is 1. The van der Waals surface area contributed by atoms with Gasteiger partial charge >= 0.3 is 12.1 Å². The lowest BCUT2D eigenvalue weighted by molar-refractivity contribution is -0.164. The Morgan fingerprint density at radius 3 is 2.27 bits per heavy atom. The first-order valence-corrected chi connectivity index (χ1v) is 6.94. The van der Waals surface area contributed by atoms with Crippen molar-refractivity contribution in [3.05, 3.63) is 35.9 Å². The van der Waals surface area contributed by atoms with Crippen molar-refractivity contribution in [1.82, 2.24) is 4.90 Å². The third-order valence-electron chi connectivity index (χ3n) is 3.96. The van der Waals surface area contributed by atoms with Gasteiger partial charge in [0.1, 0.15) is 12.0 Å². The molecule has 0 saturated carbocycles. The molecule has 0 aliphatic carbocycles. The molecule has 0 spiro atoms. The van der Waals surface area contributed by atoms with E-state index >= 15 is 0 Å². The summed E-state index contributed by atoms with van der Waals surface area (Å²) < 4.78 is 5.22. The molecule has 3 N–H and O–H groups in total. The van der Waals surface area contributed by atoms with Gasteiger partial charge in [0, 0.05) is 13.1 Å². The Bertz CT molecular complexity index is 565. The van der Waals surface area contributed by atoms with Crippen LogP contribution in [0, 0.1) is 5.41 Å². The molecule has 0 radical (unpaired) electrons. The summed E-state index contributed by atoms with van der Waals surface area (Å²) in [5, 5.41) is 8.93. The number of piperidine rings is 1. The van der Waals surface area contributed by atoms with Crippen LogP contribution in [-0.4, -0.2) is 41.1 Å². The highest BCUT2D eigenvalue weighted by Crippen LogP contribution is 2.33. The van der Waals surface area contributed by atoms with Crippen molar-refractivity contribution < 1.29 is 24.2 Å². The number of likely N-dealkylation sites (tertiary alicyclic amines) is 1.